The van der Waals surface area contributed by atoms with Crippen molar-refractivity contribution in [3.8, 4) is 0 Å². The van der Waals surface area contributed by atoms with Gasteiger partial charge in [0.05, 0.1) is 39.9 Å². The van der Waals surface area contributed by atoms with Crippen molar-refractivity contribution in [1.29, 1.82) is 0 Å². The molecule has 2 saturated heterocycles. The summed E-state index contributed by atoms with van der Waals surface area (Å²) in [7, 11) is 0. The first-order chi connectivity index (χ1) is 18.1. The van der Waals surface area contributed by atoms with Gasteiger partial charge in [-0.2, -0.15) is 15.3 Å². The van der Waals surface area contributed by atoms with E-state index in [4.69, 9.17) is 21.1 Å². The van der Waals surface area contributed by atoms with Crippen molar-refractivity contribution >= 4 is 34.1 Å². The third-order valence-electron chi connectivity index (χ3n) is 6.96. The van der Waals surface area contributed by atoms with E-state index >= 15 is 0 Å². The molecule has 4 aromatic rings. The highest BCUT2D eigenvalue weighted by atomic mass is 35.5. The molecule has 194 valence electrons. The molecule has 0 N–H and O–H groups in total. The van der Waals surface area contributed by atoms with E-state index in [-0.39, 0.29) is 24.6 Å². The Bertz CT molecular complexity index is 1470. The maximum atomic E-state index is 13.2. The first kappa shape index (κ1) is 24.7. The summed E-state index contributed by atoms with van der Waals surface area (Å²) >= 11 is 8.21. The van der Waals surface area contributed by atoms with Crippen molar-refractivity contribution in [2.75, 3.05) is 13.2 Å². The Hall–Kier alpha value is -2.66. The van der Waals surface area contributed by atoms with Crippen molar-refractivity contribution < 1.29 is 9.47 Å². The number of fused-ring (bicyclic) bond motifs is 1. The molecular formula is C26H29ClN6O3S. The third-order valence-corrected chi connectivity index (χ3v) is 8.39. The predicted molar refractivity (Wildman–Crippen MR) is 141 cm³/mol. The third kappa shape index (κ3) is 5.07. The molecule has 2 atom stereocenters. The van der Waals surface area contributed by atoms with Gasteiger partial charge < -0.3 is 9.47 Å². The van der Waals surface area contributed by atoms with E-state index in [1.807, 2.05) is 46.9 Å². The van der Waals surface area contributed by atoms with Gasteiger partial charge in [0.15, 0.2) is 6.23 Å². The van der Waals surface area contributed by atoms with Crippen LogP contribution in [0.15, 0.2) is 51.4 Å². The van der Waals surface area contributed by atoms with Gasteiger partial charge in [-0.1, -0.05) is 23.4 Å². The number of halogens is 1. The van der Waals surface area contributed by atoms with Crippen molar-refractivity contribution in [2.24, 2.45) is 0 Å². The summed E-state index contributed by atoms with van der Waals surface area (Å²) in [5, 5.41) is 15.5. The standard InChI is InChI=1S/C26H29ClN6O3S/c1-17-25(27)22(30-33(17)24-7-3-5-11-36-24)16-32-26(34)21-9-8-19(12-18(21)13-28-32)37-20-14-29-31(15-20)23-6-2-4-10-35-23/h8-9,12-15,23-24H,2-7,10-11,16H2,1H3. The lowest BCUT2D eigenvalue weighted by Gasteiger charge is -2.23. The number of nitrogens with zero attached hydrogens (tertiary/aromatic N) is 6. The lowest BCUT2D eigenvalue weighted by Crippen LogP contribution is -2.24. The Kier molecular flexibility index (Phi) is 7.07. The summed E-state index contributed by atoms with van der Waals surface area (Å²) < 4.78 is 16.9. The van der Waals surface area contributed by atoms with E-state index in [0.717, 1.165) is 72.6 Å². The Balaban J connectivity index is 1.20. The quantitative estimate of drug-likeness (QED) is 0.326. The van der Waals surface area contributed by atoms with Gasteiger partial charge in [0.25, 0.3) is 5.56 Å². The van der Waals surface area contributed by atoms with E-state index in [2.05, 4.69) is 15.3 Å². The molecular weight excluding hydrogens is 512 g/mol. The highest BCUT2D eigenvalue weighted by Crippen LogP contribution is 2.32. The molecule has 2 aliphatic rings. The van der Waals surface area contributed by atoms with Gasteiger partial charge in [0.1, 0.15) is 11.9 Å². The maximum absolute atomic E-state index is 13.2. The van der Waals surface area contributed by atoms with Crippen LogP contribution in [0, 0.1) is 6.92 Å². The summed E-state index contributed by atoms with van der Waals surface area (Å²) in [6.45, 7) is 3.64. The van der Waals surface area contributed by atoms with E-state index in [1.165, 1.54) is 4.68 Å². The zero-order chi connectivity index (χ0) is 25.4. The Morgan fingerprint density at radius 1 is 1.03 bits per heavy atom. The molecule has 5 heterocycles. The van der Waals surface area contributed by atoms with Gasteiger partial charge in [-0.05, 0) is 63.6 Å². The fourth-order valence-electron chi connectivity index (χ4n) is 4.94. The van der Waals surface area contributed by atoms with Gasteiger partial charge in [-0.25, -0.2) is 14.0 Å². The minimum absolute atomic E-state index is 0.0150. The summed E-state index contributed by atoms with van der Waals surface area (Å²) in [6.07, 6.45) is 11.8. The number of rotatable bonds is 6. The number of ether oxygens (including phenoxy) is 2. The molecule has 11 heteroatoms. The molecule has 0 radical (unpaired) electrons. The van der Waals surface area contributed by atoms with Crippen molar-refractivity contribution in [3.05, 3.63) is 63.6 Å². The zero-order valence-electron chi connectivity index (χ0n) is 20.7. The lowest BCUT2D eigenvalue weighted by molar-refractivity contribution is -0.0408. The predicted octanol–water partition coefficient (Wildman–Crippen LogP) is 5.35. The van der Waals surface area contributed by atoms with Gasteiger partial charge in [-0.15, -0.1) is 0 Å². The first-order valence-corrected chi connectivity index (χ1v) is 13.9. The topological polar surface area (TPSA) is 89.0 Å². The molecule has 2 fully saturated rings. The minimum atomic E-state index is -0.173. The molecule has 37 heavy (non-hydrogen) atoms. The highest BCUT2D eigenvalue weighted by molar-refractivity contribution is 7.99. The summed E-state index contributed by atoms with van der Waals surface area (Å²) in [5.74, 6) is 0. The van der Waals surface area contributed by atoms with E-state index in [9.17, 15) is 4.79 Å². The van der Waals surface area contributed by atoms with E-state index in [1.54, 1.807) is 18.0 Å². The minimum Gasteiger partial charge on any atom is -0.357 e. The van der Waals surface area contributed by atoms with Crippen molar-refractivity contribution in [2.45, 2.75) is 74.2 Å². The van der Waals surface area contributed by atoms with Crippen LogP contribution in [0.5, 0.6) is 0 Å². The largest absolute Gasteiger partial charge is 0.357 e. The van der Waals surface area contributed by atoms with E-state index in [0.29, 0.717) is 16.1 Å². The molecule has 0 amide bonds. The van der Waals surface area contributed by atoms with Crippen LogP contribution in [0.2, 0.25) is 5.02 Å². The van der Waals surface area contributed by atoms with Crippen LogP contribution in [-0.4, -0.2) is 42.6 Å². The Labute approximate surface area is 223 Å². The molecule has 3 aromatic heterocycles. The second-order valence-electron chi connectivity index (χ2n) is 9.55. The molecule has 0 bridgehead atoms. The first-order valence-electron chi connectivity index (χ1n) is 12.8. The maximum Gasteiger partial charge on any atom is 0.274 e. The molecule has 2 aliphatic heterocycles. The van der Waals surface area contributed by atoms with Crippen LogP contribution in [0.4, 0.5) is 0 Å². The SMILES string of the molecule is Cc1c(Cl)c(Cn2ncc3cc(Sc4cnn(C5CCCCO5)c4)ccc3c2=O)nn1C1CCCCO1. The molecule has 6 rings (SSSR count). The normalized spacial score (nSPS) is 20.5. The van der Waals surface area contributed by atoms with Gasteiger partial charge in [0.2, 0.25) is 0 Å². The number of hydrogen-bond acceptors (Lipinski definition) is 7. The summed E-state index contributed by atoms with van der Waals surface area (Å²) in [5.41, 5.74) is 1.29. The molecule has 1 aromatic carbocycles. The molecule has 0 saturated carbocycles. The Morgan fingerprint density at radius 3 is 2.57 bits per heavy atom. The summed E-state index contributed by atoms with van der Waals surface area (Å²) in [6, 6.07) is 5.80. The number of benzene rings is 1. The fraction of sp³-hybridized carbons (Fsp3) is 0.462. The van der Waals surface area contributed by atoms with Crippen LogP contribution in [0.1, 0.15) is 62.4 Å². The van der Waals surface area contributed by atoms with Gasteiger partial charge >= 0.3 is 0 Å². The zero-order valence-corrected chi connectivity index (χ0v) is 22.2. The second kappa shape index (κ2) is 10.6. The molecule has 9 nitrogen and oxygen atoms in total. The van der Waals surface area contributed by atoms with E-state index < -0.39 is 0 Å². The van der Waals surface area contributed by atoms with Gasteiger partial charge in [0, 0.05) is 29.7 Å². The van der Waals surface area contributed by atoms with Crippen LogP contribution in [0.25, 0.3) is 10.8 Å². The molecule has 0 spiro atoms. The smallest absolute Gasteiger partial charge is 0.274 e. The average molecular weight is 541 g/mol. The van der Waals surface area contributed by atoms with Crippen LogP contribution in [0.3, 0.4) is 0 Å². The van der Waals surface area contributed by atoms with Gasteiger partial charge in [-0.3, -0.25) is 4.79 Å². The lowest BCUT2D eigenvalue weighted by atomic mass is 10.2. The average Bonchev–Trinajstić information content (AvgIpc) is 3.51. The highest BCUT2D eigenvalue weighted by Gasteiger charge is 2.23. The van der Waals surface area contributed by atoms with Crippen molar-refractivity contribution in [1.82, 2.24) is 29.3 Å². The van der Waals surface area contributed by atoms with Crippen LogP contribution in [-0.2, 0) is 16.0 Å². The fourth-order valence-corrected chi connectivity index (χ4v) is 5.98. The van der Waals surface area contributed by atoms with Crippen molar-refractivity contribution in [3.63, 3.8) is 0 Å². The monoisotopic (exact) mass is 540 g/mol. The molecule has 2 unspecified atom stereocenters. The number of aromatic nitrogens is 6. The van der Waals surface area contributed by atoms with Crippen LogP contribution >= 0.6 is 23.4 Å². The second-order valence-corrected chi connectivity index (χ2v) is 11.1. The molecule has 0 aliphatic carbocycles. The van der Waals surface area contributed by atoms with Crippen LogP contribution < -0.4 is 5.56 Å². The summed E-state index contributed by atoms with van der Waals surface area (Å²) in [4.78, 5) is 15.3. The number of hydrogen-bond donors (Lipinski definition) is 0. The Morgan fingerprint density at radius 2 is 1.81 bits per heavy atom.